The van der Waals surface area contributed by atoms with Gasteiger partial charge in [-0.1, -0.05) is 129 Å². The molecule has 0 aromatic carbocycles. The standard InChI is InChI=1S/C26H52O3/c1-3-5-7-9-10-11-12-13-14-15-16-17-18-19-20-22-24-26(29,25(27)28)23-21-8-6-4-2/h29H,3-24H2,1-2H3,(H,27,28). The Morgan fingerprint density at radius 3 is 1.03 bits per heavy atom. The average Bonchev–Trinajstić information content (AvgIpc) is 2.71. The van der Waals surface area contributed by atoms with Crippen LogP contribution in [0.4, 0.5) is 0 Å². The smallest absolute Gasteiger partial charge is 0.335 e. The van der Waals surface area contributed by atoms with Crippen LogP contribution in [-0.2, 0) is 4.79 Å². The summed E-state index contributed by atoms with van der Waals surface area (Å²) >= 11 is 0. The van der Waals surface area contributed by atoms with E-state index in [9.17, 15) is 15.0 Å². The number of hydrogen-bond acceptors (Lipinski definition) is 2. The number of rotatable bonds is 23. The minimum Gasteiger partial charge on any atom is -0.479 e. The molecule has 3 nitrogen and oxygen atoms in total. The molecule has 0 aliphatic rings. The maximum absolute atomic E-state index is 11.4. The molecule has 0 amide bonds. The van der Waals surface area contributed by atoms with Crippen LogP contribution < -0.4 is 0 Å². The fourth-order valence-electron chi connectivity index (χ4n) is 4.15. The van der Waals surface area contributed by atoms with Gasteiger partial charge < -0.3 is 10.2 Å². The highest BCUT2D eigenvalue weighted by Gasteiger charge is 2.34. The summed E-state index contributed by atoms with van der Waals surface area (Å²) in [6.07, 6.45) is 25.8. The van der Waals surface area contributed by atoms with Crippen LogP contribution in [0.3, 0.4) is 0 Å². The summed E-state index contributed by atoms with van der Waals surface area (Å²) in [5.41, 5.74) is -1.50. The van der Waals surface area contributed by atoms with Crippen LogP contribution in [0.1, 0.15) is 155 Å². The van der Waals surface area contributed by atoms with E-state index in [4.69, 9.17) is 0 Å². The Hall–Kier alpha value is -0.570. The fourth-order valence-corrected chi connectivity index (χ4v) is 4.15. The Kier molecular flexibility index (Phi) is 20.3. The van der Waals surface area contributed by atoms with Gasteiger partial charge >= 0.3 is 5.97 Å². The first-order chi connectivity index (χ1) is 14.1. The van der Waals surface area contributed by atoms with Crippen molar-refractivity contribution >= 4 is 5.97 Å². The van der Waals surface area contributed by atoms with Crippen LogP contribution in [-0.4, -0.2) is 21.8 Å². The van der Waals surface area contributed by atoms with E-state index in [2.05, 4.69) is 13.8 Å². The quantitative estimate of drug-likeness (QED) is 0.166. The molecule has 0 aromatic heterocycles. The number of unbranched alkanes of at least 4 members (excludes halogenated alkanes) is 18. The zero-order valence-electron chi connectivity index (χ0n) is 19.9. The second-order valence-corrected chi connectivity index (χ2v) is 9.20. The molecule has 174 valence electrons. The van der Waals surface area contributed by atoms with Crippen molar-refractivity contribution in [1.82, 2.24) is 0 Å². The number of aliphatic hydroxyl groups is 1. The van der Waals surface area contributed by atoms with Gasteiger partial charge in [-0.15, -0.1) is 0 Å². The lowest BCUT2D eigenvalue weighted by molar-refractivity contribution is -0.160. The first kappa shape index (κ1) is 28.4. The highest BCUT2D eigenvalue weighted by Crippen LogP contribution is 2.24. The van der Waals surface area contributed by atoms with Gasteiger partial charge in [0, 0.05) is 0 Å². The minimum absolute atomic E-state index is 0.404. The van der Waals surface area contributed by atoms with Crippen molar-refractivity contribution in [3.05, 3.63) is 0 Å². The summed E-state index contributed by atoms with van der Waals surface area (Å²) in [4.78, 5) is 11.4. The third kappa shape index (κ3) is 18.0. The number of carboxylic acid groups (broad SMARTS) is 1. The fraction of sp³-hybridized carbons (Fsp3) is 0.962. The van der Waals surface area contributed by atoms with Crippen molar-refractivity contribution in [1.29, 1.82) is 0 Å². The molecule has 0 aromatic rings. The van der Waals surface area contributed by atoms with Gasteiger partial charge in [-0.3, -0.25) is 0 Å². The summed E-state index contributed by atoms with van der Waals surface area (Å²) in [6, 6.07) is 0. The van der Waals surface area contributed by atoms with E-state index in [0.717, 1.165) is 38.5 Å². The minimum atomic E-state index is -1.50. The Balaban J connectivity index is 3.45. The van der Waals surface area contributed by atoms with Gasteiger partial charge in [0.05, 0.1) is 0 Å². The summed E-state index contributed by atoms with van der Waals surface area (Å²) in [7, 11) is 0. The predicted octanol–water partition coefficient (Wildman–Crippen LogP) is 8.42. The predicted molar refractivity (Wildman–Crippen MR) is 126 cm³/mol. The molecular formula is C26H52O3. The molecule has 29 heavy (non-hydrogen) atoms. The second-order valence-electron chi connectivity index (χ2n) is 9.20. The van der Waals surface area contributed by atoms with Gasteiger partial charge in [0.15, 0.2) is 5.60 Å². The molecule has 2 N–H and O–H groups in total. The van der Waals surface area contributed by atoms with E-state index in [1.54, 1.807) is 0 Å². The number of aliphatic carboxylic acids is 1. The van der Waals surface area contributed by atoms with Gasteiger partial charge in [0.1, 0.15) is 0 Å². The topological polar surface area (TPSA) is 57.5 Å². The number of carboxylic acids is 1. The van der Waals surface area contributed by atoms with Crippen LogP contribution in [0.5, 0.6) is 0 Å². The summed E-state index contributed by atoms with van der Waals surface area (Å²) in [5.74, 6) is -1.03. The van der Waals surface area contributed by atoms with Crippen LogP contribution in [0.15, 0.2) is 0 Å². The third-order valence-electron chi connectivity index (χ3n) is 6.29. The second kappa shape index (κ2) is 20.7. The van der Waals surface area contributed by atoms with Crippen molar-refractivity contribution in [2.75, 3.05) is 0 Å². The maximum atomic E-state index is 11.4. The summed E-state index contributed by atoms with van der Waals surface area (Å²) in [5, 5.41) is 19.8. The number of carbonyl (C=O) groups is 1. The van der Waals surface area contributed by atoms with E-state index in [-0.39, 0.29) is 0 Å². The Labute approximate surface area is 182 Å². The largest absolute Gasteiger partial charge is 0.479 e. The SMILES string of the molecule is CCCCCCCCCCCCCCCCCCC(O)(CCCCCC)C(=O)O. The summed E-state index contributed by atoms with van der Waals surface area (Å²) < 4.78 is 0. The molecular weight excluding hydrogens is 360 g/mol. The Morgan fingerprint density at radius 1 is 0.517 bits per heavy atom. The molecule has 0 heterocycles. The van der Waals surface area contributed by atoms with E-state index in [1.165, 1.54) is 89.9 Å². The summed E-state index contributed by atoms with van der Waals surface area (Å²) in [6.45, 7) is 4.41. The molecule has 0 fully saturated rings. The van der Waals surface area contributed by atoms with Crippen molar-refractivity contribution < 1.29 is 15.0 Å². The van der Waals surface area contributed by atoms with Crippen molar-refractivity contribution in [2.24, 2.45) is 0 Å². The Morgan fingerprint density at radius 2 is 0.759 bits per heavy atom. The lowest BCUT2D eigenvalue weighted by atomic mass is 9.90. The van der Waals surface area contributed by atoms with Crippen LogP contribution >= 0.6 is 0 Å². The molecule has 0 radical (unpaired) electrons. The molecule has 0 saturated carbocycles. The molecule has 0 saturated heterocycles. The monoisotopic (exact) mass is 412 g/mol. The average molecular weight is 413 g/mol. The van der Waals surface area contributed by atoms with E-state index < -0.39 is 11.6 Å². The first-order valence-corrected chi connectivity index (χ1v) is 13.0. The van der Waals surface area contributed by atoms with Gasteiger partial charge in [-0.2, -0.15) is 0 Å². The molecule has 1 unspecified atom stereocenters. The van der Waals surface area contributed by atoms with Gasteiger partial charge in [0.2, 0.25) is 0 Å². The molecule has 3 heteroatoms. The molecule has 0 aliphatic carbocycles. The van der Waals surface area contributed by atoms with Gasteiger partial charge in [-0.05, 0) is 25.7 Å². The third-order valence-corrected chi connectivity index (χ3v) is 6.29. The van der Waals surface area contributed by atoms with E-state index >= 15 is 0 Å². The van der Waals surface area contributed by atoms with Crippen LogP contribution in [0, 0.1) is 0 Å². The maximum Gasteiger partial charge on any atom is 0.335 e. The lowest BCUT2D eigenvalue weighted by Gasteiger charge is -2.23. The van der Waals surface area contributed by atoms with Gasteiger partial charge in [-0.25, -0.2) is 4.79 Å². The van der Waals surface area contributed by atoms with Crippen molar-refractivity contribution in [3.8, 4) is 0 Å². The highest BCUT2D eigenvalue weighted by molar-refractivity contribution is 5.76. The zero-order valence-corrected chi connectivity index (χ0v) is 19.9. The van der Waals surface area contributed by atoms with Crippen molar-refractivity contribution in [2.45, 2.75) is 161 Å². The van der Waals surface area contributed by atoms with E-state index in [0.29, 0.717) is 12.8 Å². The van der Waals surface area contributed by atoms with Gasteiger partial charge in [0.25, 0.3) is 0 Å². The van der Waals surface area contributed by atoms with Crippen molar-refractivity contribution in [3.63, 3.8) is 0 Å². The van der Waals surface area contributed by atoms with Crippen LogP contribution in [0.2, 0.25) is 0 Å². The lowest BCUT2D eigenvalue weighted by Crippen LogP contribution is -2.38. The molecule has 1 atom stereocenters. The first-order valence-electron chi connectivity index (χ1n) is 13.0. The van der Waals surface area contributed by atoms with E-state index in [1.807, 2.05) is 0 Å². The molecule has 0 bridgehead atoms. The highest BCUT2D eigenvalue weighted by atomic mass is 16.4. The zero-order chi connectivity index (χ0) is 21.6. The molecule has 0 aliphatic heterocycles. The van der Waals surface area contributed by atoms with Crippen LogP contribution in [0.25, 0.3) is 0 Å². The molecule has 0 rings (SSSR count). The Bertz CT molecular complexity index is 356. The molecule has 0 spiro atoms. The number of hydrogen-bond donors (Lipinski definition) is 2. The normalized spacial score (nSPS) is 13.5.